The predicted molar refractivity (Wildman–Crippen MR) is 78.7 cm³/mol. The van der Waals surface area contributed by atoms with Gasteiger partial charge in [-0.15, -0.1) is 0 Å². The van der Waals surface area contributed by atoms with Gasteiger partial charge in [0.25, 0.3) is 0 Å². The molecule has 0 fully saturated rings. The minimum Gasteiger partial charge on any atom is -0.444 e. The average Bonchev–Trinajstić information content (AvgIpc) is 2.89. The van der Waals surface area contributed by atoms with E-state index >= 15 is 0 Å². The van der Waals surface area contributed by atoms with Crippen LogP contribution in [0.4, 0.5) is 4.79 Å². The summed E-state index contributed by atoms with van der Waals surface area (Å²) in [5, 5.41) is 1.04. The zero-order valence-electron chi connectivity index (χ0n) is 11.2. The van der Waals surface area contributed by atoms with Crippen molar-refractivity contribution in [1.82, 2.24) is 4.57 Å². The summed E-state index contributed by atoms with van der Waals surface area (Å²) in [7, 11) is 0. The van der Waals surface area contributed by atoms with E-state index in [9.17, 15) is 4.79 Å². The standard InChI is InChI=1S/C17H15NO2/c1-13-7-8-16-15(11-13)9-10-18(16)17(19)20-12-14-5-3-2-4-6-14/h2-11H,12H2,1H3. The summed E-state index contributed by atoms with van der Waals surface area (Å²) < 4.78 is 6.87. The van der Waals surface area contributed by atoms with E-state index in [1.807, 2.05) is 55.5 Å². The number of benzene rings is 2. The Morgan fingerprint density at radius 3 is 2.70 bits per heavy atom. The Bertz CT molecular complexity index is 744. The number of carbonyl (C=O) groups excluding carboxylic acids is 1. The van der Waals surface area contributed by atoms with E-state index in [1.165, 1.54) is 10.1 Å². The second-order valence-corrected chi connectivity index (χ2v) is 4.79. The molecule has 0 aliphatic heterocycles. The molecule has 0 unspecified atom stereocenters. The van der Waals surface area contributed by atoms with E-state index < -0.39 is 0 Å². The van der Waals surface area contributed by atoms with Gasteiger partial charge in [-0.2, -0.15) is 0 Å². The van der Waals surface area contributed by atoms with Crippen molar-refractivity contribution in [2.75, 3.05) is 0 Å². The van der Waals surface area contributed by atoms with Crippen LogP contribution in [0.25, 0.3) is 10.9 Å². The number of rotatable bonds is 2. The van der Waals surface area contributed by atoms with Gasteiger partial charge in [-0.1, -0.05) is 42.0 Å². The summed E-state index contributed by atoms with van der Waals surface area (Å²) in [4.78, 5) is 12.1. The van der Waals surface area contributed by atoms with Crippen molar-refractivity contribution in [2.24, 2.45) is 0 Å². The molecule has 3 nitrogen and oxygen atoms in total. The van der Waals surface area contributed by atoms with Crippen LogP contribution in [0, 0.1) is 6.92 Å². The second kappa shape index (κ2) is 5.21. The van der Waals surface area contributed by atoms with Gasteiger partial charge in [0.1, 0.15) is 6.61 Å². The van der Waals surface area contributed by atoms with Gasteiger partial charge in [0.05, 0.1) is 5.52 Å². The predicted octanol–water partition coefficient (Wildman–Crippen LogP) is 4.13. The molecule has 100 valence electrons. The molecule has 0 spiro atoms. The lowest BCUT2D eigenvalue weighted by atomic mass is 10.2. The van der Waals surface area contributed by atoms with Crippen LogP contribution in [0.1, 0.15) is 11.1 Å². The quantitative estimate of drug-likeness (QED) is 0.697. The van der Waals surface area contributed by atoms with Crippen LogP contribution >= 0.6 is 0 Å². The molecule has 0 aliphatic carbocycles. The topological polar surface area (TPSA) is 31.2 Å². The van der Waals surface area contributed by atoms with Crippen LogP contribution in [0.15, 0.2) is 60.8 Å². The minimum absolute atomic E-state index is 0.283. The first-order valence-electron chi connectivity index (χ1n) is 6.53. The number of nitrogens with zero attached hydrogens (tertiary/aromatic N) is 1. The number of carbonyl (C=O) groups is 1. The average molecular weight is 265 g/mol. The van der Waals surface area contributed by atoms with Gasteiger partial charge in [-0.3, -0.25) is 4.57 Å². The van der Waals surface area contributed by atoms with E-state index in [2.05, 4.69) is 6.07 Å². The van der Waals surface area contributed by atoms with E-state index in [1.54, 1.807) is 6.20 Å². The molecule has 2 aromatic carbocycles. The second-order valence-electron chi connectivity index (χ2n) is 4.79. The van der Waals surface area contributed by atoms with E-state index in [0.717, 1.165) is 16.5 Å². The van der Waals surface area contributed by atoms with Gasteiger partial charge in [0, 0.05) is 11.6 Å². The third-order valence-electron chi connectivity index (χ3n) is 3.25. The number of aromatic nitrogens is 1. The smallest absolute Gasteiger partial charge is 0.418 e. The maximum absolute atomic E-state index is 12.1. The van der Waals surface area contributed by atoms with Crippen molar-refractivity contribution in [2.45, 2.75) is 13.5 Å². The Morgan fingerprint density at radius 2 is 1.90 bits per heavy atom. The summed E-state index contributed by atoms with van der Waals surface area (Å²) >= 11 is 0. The molecule has 0 amide bonds. The molecular weight excluding hydrogens is 250 g/mol. The minimum atomic E-state index is -0.354. The van der Waals surface area contributed by atoms with Gasteiger partial charge in [0.2, 0.25) is 0 Å². The van der Waals surface area contributed by atoms with E-state index in [0.29, 0.717) is 0 Å². The van der Waals surface area contributed by atoms with E-state index in [-0.39, 0.29) is 12.7 Å². The first-order chi connectivity index (χ1) is 9.74. The highest BCUT2D eigenvalue weighted by Gasteiger charge is 2.10. The highest BCUT2D eigenvalue weighted by Crippen LogP contribution is 2.18. The molecule has 0 radical (unpaired) electrons. The Hall–Kier alpha value is -2.55. The third-order valence-corrected chi connectivity index (χ3v) is 3.25. The van der Waals surface area contributed by atoms with Crippen LogP contribution in [0.3, 0.4) is 0 Å². The van der Waals surface area contributed by atoms with Crippen molar-refractivity contribution in [1.29, 1.82) is 0 Å². The van der Waals surface area contributed by atoms with Crippen LogP contribution in [0.5, 0.6) is 0 Å². The van der Waals surface area contributed by atoms with Gasteiger partial charge in [-0.25, -0.2) is 4.79 Å². The molecule has 20 heavy (non-hydrogen) atoms. The molecule has 0 aliphatic rings. The van der Waals surface area contributed by atoms with Crippen LogP contribution < -0.4 is 0 Å². The maximum atomic E-state index is 12.1. The zero-order chi connectivity index (χ0) is 13.9. The lowest BCUT2D eigenvalue weighted by Crippen LogP contribution is -2.12. The molecule has 0 bridgehead atoms. The summed E-state index contributed by atoms with van der Waals surface area (Å²) in [5.41, 5.74) is 3.02. The number of hydrogen-bond donors (Lipinski definition) is 0. The SMILES string of the molecule is Cc1ccc2c(ccn2C(=O)OCc2ccccc2)c1. The third kappa shape index (κ3) is 2.43. The molecule has 3 aromatic rings. The number of hydrogen-bond acceptors (Lipinski definition) is 2. The Balaban J connectivity index is 1.79. The van der Waals surface area contributed by atoms with Crippen molar-refractivity contribution in [3.05, 3.63) is 71.9 Å². The molecule has 1 heterocycles. The number of aryl methyl sites for hydroxylation is 1. The molecule has 0 atom stereocenters. The van der Waals surface area contributed by atoms with Crippen LogP contribution in [-0.4, -0.2) is 10.7 Å². The number of fused-ring (bicyclic) bond motifs is 1. The lowest BCUT2D eigenvalue weighted by molar-refractivity contribution is 0.142. The van der Waals surface area contributed by atoms with Crippen LogP contribution in [-0.2, 0) is 11.3 Å². The summed E-state index contributed by atoms with van der Waals surface area (Å²) in [5.74, 6) is 0. The normalized spacial score (nSPS) is 10.7. The van der Waals surface area contributed by atoms with Crippen molar-refractivity contribution >= 4 is 17.0 Å². The fourth-order valence-corrected chi connectivity index (χ4v) is 2.21. The maximum Gasteiger partial charge on any atom is 0.418 e. The summed E-state index contributed by atoms with van der Waals surface area (Å²) in [6, 6.07) is 17.6. The lowest BCUT2D eigenvalue weighted by Gasteiger charge is -2.06. The highest BCUT2D eigenvalue weighted by molar-refractivity contribution is 5.89. The monoisotopic (exact) mass is 265 g/mol. The van der Waals surface area contributed by atoms with Gasteiger partial charge in [0.15, 0.2) is 0 Å². The zero-order valence-corrected chi connectivity index (χ0v) is 11.2. The van der Waals surface area contributed by atoms with Gasteiger partial charge in [-0.05, 0) is 30.7 Å². The summed E-state index contributed by atoms with van der Waals surface area (Å²) in [6.45, 7) is 2.32. The first kappa shape index (κ1) is 12.5. The highest BCUT2D eigenvalue weighted by atomic mass is 16.5. The van der Waals surface area contributed by atoms with Crippen molar-refractivity contribution in [3.63, 3.8) is 0 Å². The first-order valence-corrected chi connectivity index (χ1v) is 6.53. The Labute approximate surface area is 117 Å². The van der Waals surface area contributed by atoms with Gasteiger partial charge < -0.3 is 4.74 Å². The fourth-order valence-electron chi connectivity index (χ4n) is 2.21. The molecule has 0 saturated heterocycles. The Kier molecular flexibility index (Phi) is 3.25. The van der Waals surface area contributed by atoms with Gasteiger partial charge >= 0.3 is 6.09 Å². The van der Waals surface area contributed by atoms with Crippen LogP contribution in [0.2, 0.25) is 0 Å². The Morgan fingerprint density at radius 1 is 1.10 bits per heavy atom. The molecule has 1 aromatic heterocycles. The fraction of sp³-hybridized carbons (Fsp3) is 0.118. The van der Waals surface area contributed by atoms with E-state index in [4.69, 9.17) is 4.74 Å². The van der Waals surface area contributed by atoms with Crippen molar-refractivity contribution in [3.8, 4) is 0 Å². The summed E-state index contributed by atoms with van der Waals surface area (Å²) in [6.07, 6.45) is 1.39. The molecule has 3 rings (SSSR count). The molecular formula is C17H15NO2. The molecule has 0 N–H and O–H groups in total. The number of ether oxygens (including phenoxy) is 1. The van der Waals surface area contributed by atoms with Crippen molar-refractivity contribution < 1.29 is 9.53 Å². The largest absolute Gasteiger partial charge is 0.444 e. The molecule has 3 heteroatoms. The molecule has 0 saturated carbocycles.